The van der Waals surface area contributed by atoms with Crippen molar-refractivity contribution in [3.05, 3.63) is 64.1 Å². The molecule has 2 fully saturated rings. The van der Waals surface area contributed by atoms with Gasteiger partial charge in [-0.05, 0) is 44.4 Å². The van der Waals surface area contributed by atoms with Gasteiger partial charge in [0.2, 0.25) is 5.95 Å². The Labute approximate surface area is 201 Å². The fourth-order valence-electron chi connectivity index (χ4n) is 4.61. The van der Waals surface area contributed by atoms with E-state index in [0.717, 1.165) is 24.0 Å². The van der Waals surface area contributed by atoms with Crippen LogP contribution in [0.5, 0.6) is 0 Å². The van der Waals surface area contributed by atoms with Gasteiger partial charge in [0.05, 0.1) is 42.2 Å². The van der Waals surface area contributed by atoms with Gasteiger partial charge in [0, 0.05) is 30.9 Å². The third-order valence-corrected chi connectivity index (χ3v) is 6.63. The first-order valence-corrected chi connectivity index (χ1v) is 11.8. The highest BCUT2D eigenvalue weighted by molar-refractivity contribution is 5.92. The second kappa shape index (κ2) is 8.23. The highest BCUT2D eigenvalue weighted by Gasteiger charge is 2.31. The van der Waals surface area contributed by atoms with E-state index in [0.29, 0.717) is 41.7 Å². The highest BCUT2D eigenvalue weighted by atomic mass is 19.1. The number of ether oxygens (including phenoxy) is 1. The summed E-state index contributed by atoms with van der Waals surface area (Å²) in [4.78, 5) is 24.4. The monoisotopic (exact) mass is 475 g/mol. The Kier molecular flexibility index (Phi) is 5.14. The van der Waals surface area contributed by atoms with Crippen molar-refractivity contribution < 1.29 is 9.13 Å². The van der Waals surface area contributed by atoms with Crippen molar-refractivity contribution in [2.45, 2.75) is 44.9 Å². The van der Waals surface area contributed by atoms with Crippen molar-refractivity contribution in [1.82, 2.24) is 29.5 Å². The largest absolute Gasteiger partial charge is 0.367 e. The third kappa shape index (κ3) is 3.97. The lowest BCUT2D eigenvalue weighted by Gasteiger charge is -2.36. The van der Waals surface area contributed by atoms with Gasteiger partial charge in [-0.25, -0.2) is 19.0 Å². The molecule has 1 aliphatic carbocycles. The molecule has 4 aromatic rings. The van der Waals surface area contributed by atoms with E-state index in [-0.39, 0.29) is 23.3 Å². The minimum absolute atomic E-state index is 0.0999. The van der Waals surface area contributed by atoms with E-state index in [2.05, 4.69) is 15.2 Å². The molecule has 10 heteroatoms. The maximum Gasteiger partial charge on any atom is 0.293 e. The quantitative estimate of drug-likeness (QED) is 0.447. The molecule has 4 heterocycles. The van der Waals surface area contributed by atoms with Crippen molar-refractivity contribution in [3.63, 3.8) is 0 Å². The van der Waals surface area contributed by atoms with Crippen LogP contribution in [0.2, 0.25) is 0 Å². The molecule has 0 bridgehead atoms. The van der Waals surface area contributed by atoms with Crippen LogP contribution in [0.15, 0.2) is 41.6 Å². The van der Waals surface area contributed by atoms with Crippen molar-refractivity contribution in [2.24, 2.45) is 7.05 Å². The summed E-state index contributed by atoms with van der Waals surface area (Å²) >= 11 is 0. The van der Waals surface area contributed by atoms with Gasteiger partial charge in [-0.2, -0.15) is 10.2 Å². The zero-order chi connectivity index (χ0) is 24.3. The second-order valence-corrected chi connectivity index (χ2v) is 9.52. The molecule has 180 valence electrons. The molecule has 2 unspecified atom stereocenters. The predicted molar refractivity (Wildman–Crippen MR) is 129 cm³/mol. The standard InChI is InChI=1S/C25H26FN7O2/c1-14-4-7-18(20(26)8-14)22-19-10-27-31(3)24(34)23(19)30-25(29-22)32-11-15(2)35-21(13-32)16-9-28-33(12-16)17-5-6-17/h4,7-10,12,15,17,21H,5-6,11,13H2,1-3H3. The molecule has 1 saturated carbocycles. The lowest BCUT2D eigenvalue weighted by atomic mass is 10.1. The Morgan fingerprint density at radius 3 is 2.71 bits per heavy atom. The number of nitrogens with zero attached hydrogens (tertiary/aromatic N) is 7. The smallest absolute Gasteiger partial charge is 0.293 e. The van der Waals surface area contributed by atoms with Gasteiger partial charge in [0.15, 0.2) is 0 Å². The molecule has 1 aliphatic heterocycles. The van der Waals surface area contributed by atoms with Crippen LogP contribution in [0.4, 0.5) is 10.3 Å². The number of rotatable bonds is 4. The average Bonchev–Trinajstić information content (AvgIpc) is 3.57. The summed E-state index contributed by atoms with van der Waals surface area (Å²) < 4.78 is 24.5. The number of hydrogen-bond donors (Lipinski definition) is 0. The Hall–Kier alpha value is -3.66. The SMILES string of the molecule is Cc1ccc(-c2nc(N3CC(C)OC(c4cnn(C5CC5)c4)C3)nc3c(=O)n(C)ncc23)c(F)c1. The molecule has 0 N–H and O–H groups in total. The van der Waals surface area contributed by atoms with E-state index >= 15 is 4.39 Å². The number of hydrogen-bond acceptors (Lipinski definition) is 7. The number of fused-ring (bicyclic) bond motifs is 1. The normalized spacial score (nSPS) is 20.5. The van der Waals surface area contributed by atoms with Crippen LogP contribution in [-0.4, -0.2) is 48.7 Å². The third-order valence-electron chi connectivity index (χ3n) is 6.63. The van der Waals surface area contributed by atoms with Gasteiger partial charge in [0.1, 0.15) is 17.4 Å². The van der Waals surface area contributed by atoms with Crippen LogP contribution in [0.3, 0.4) is 0 Å². The molecule has 0 radical (unpaired) electrons. The van der Waals surface area contributed by atoms with Gasteiger partial charge in [-0.1, -0.05) is 6.07 Å². The fraction of sp³-hybridized carbons (Fsp3) is 0.400. The van der Waals surface area contributed by atoms with Crippen LogP contribution in [0.25, 0.3) is 22.2 Å². The number of aryl methyl sites for hydroxylation is 2. The highest BCUT2D eigenvalue weighted by Crippen LogP contribution is 2.36. The molecule has 2 aliphatic rings. The van der Waals surface area contributed by atoms with E-state index in [1.165, 1.54) is 16.9 Å². The summed E-state index contributed by atoms with van der Waals surface area (Å²) in [5.74, 6) is -0.0390. The van der Waals surface area contributed by atoms with Crippen LogP contribution >= 0.6 is 0 Å². The van der Waals surface area contributed by atoms with E-state index in [1.54, 1.807) is 13.1 Å². The van der Waals surface area contributed by atoms with Gasteiger partial charge in [0.25, 0.3) is 5.56 Å². The molecule has 1 aromatic carbocycles. The summed E-state index contributed by atoms with van der Waals surface area (Å²) in [5.41, 5.74) is 2.31. The topological polar surface area (TPSA) is 91.0 Å². The van der Waals surface area contributed by atoms with E-state index < -0.39 is 5.82 Å². The van der Waals surface area contributed by atoms with Gasteiger partial charge in [-0.15, -0.1) is 0 Å². The molecule has 0 spiro atoms. The lowest BCUT2D eigenvalue weighted by Crippen LogP contribution is -2.43. The second-order valence-electron chi connectivity index (χ2n) is 9.52. The van der Waals surface area contributed by atoms with Crippen molar-refractivity contribution >= 4 is 16.9 Å². The first kappa shape index (κ1) is 21.8. The molecular formula is C25H26FN7O2. The Morgan fingerprint density at radius 1 is 1.11 bits per heavy atom. The van der Waals surface area contributed by atoms with Crippen molar-refractivity contribution in [2.75, 3.05) is 18.0 Å². The first-order valence-electron chi connectivity index (χ1n) is 11.8. The van der Waals surface area contributed by atoms with Crippen LogP contribution < -0.4 is 10.5 Å². The number of aromatic nitrogens is 6. The van der Waals surface area contributed by atoms with Crippen LogP contribution in [-0.2, 0) is 11.8 Å². The Balaban J connectivity index is 1.45. The molecule has 9 nitrogen and oxygen atoms in total. The zero-order valence-electron chi connectivity index (χ0n) is 19.8. The summed E-state index contributed by atoms with van der Waals surface area (Å²) in [6.45, 7) is 4.86. The summed E-state index contributed by atoms with van der Waals surface area (Å²) in [6.07, 6.45) is 7.42. The predicted octanol–water partition coefficient (Wildman–Crippen LogP) is 3.34. The summed E-state index contributed by atoms with van der Waals surface area (Å²) in [6, 6.07) is 5.46. The van der Waals surface area contributed by atoms with Gasteiger partial charge < -0.3 is 9.64 Å². The van der Waals surface area contributed by atoms with Crippen molar-refractivity contribution in [3.8, 4) is 11.3 Å². The van der Waals surface area contributed by atoms with E-state index in [4.69, 9.17) is 9.72 Å². The van der Waals surface area contributed by atoms with Crippen LogP contribution in [0.1, 0.15) is 43.0 Å². The Bertz CT molecular complexity index is 1490. The van der Waals surface area contributed by atoms with Crippen molar-refractivity contribution in [1.29, 1.82) is 0 Å². The molecule has 1 saturated heterocycles. The lowest BCUT2D eigenvalue weighted by molar-refractivity contribution is -0.0178. The maximum absolute atomic E-state index is 15.0. The summed E-state index contributed by atoms with van der Waals surface area (Å²) in [7, 11) is 1.57. The van der Waals surface area contributed by atoms with Gasteiger partial charge in [-0.3, -0.25) is 9.48 Å². The van der Waals surface area contributed by atoms with E-state index in [9.17, 15) is 4.79 Å². The minimum atomic E-state index is -0.405. The first-order chi connectivity index (χ1) is 16.9. The fourth-order valence-corrected chi connectivity index (χ4v) is 4.61. The van der Waals surface area contributed by atoms with E-state index in [1.807, 2.05) is 41.9 Å². The number of halogens is 1. The molecule has 3 aromatic heterocycles. The molecule has 0 amide bonds. The average molecular weight is 476 g/mol. The summed E-state index contributed by atoms with van der Waals surface area (Å²) in [5, 5.41) is 9.05. The number of morpholine rings is 1. The maximum atomic E-state index is 15.0. The molecule has 2 atom stereocenters. The Morgan fingerprint density at radius 2 is 1.94 bits per heavy atom. The molecule has 35 heavy (non-hydrogen) atoms. The number of benzene rings is 1. The molecule has 6 rings (SSSR count). The van der Waals surface area contributed by atoms with Gasteiger partial charge >= 0.3 is 0 Å². The number of anilines is 1. The minimum Gasteiger partial charge on any atom is -0.367 e. The molecular weight excluding hydrogens is 449 g/mol. The zero-order valence-corrected chi connectivity index (χ0v) is 19.8. The van der Waals surface area contributed by atoms with Crippen LogP contribution in [0, 0.1) is 12.7 Å².